The van der Waals surface area contributed by atoms with E-state index in [2.05, 4.69) is 22.5 Å². The van der Waals surface area contributed by atoms with E-state index in [-0.39, 0.29) is 11.8 Å². The summed E-state index contributed by atoms with van der Waals surface area (Å²) >= 11 is 0. The lowest BCUT2D eigenvalue weighted by atomic mass is 9.92. The molecule has 1 saturated heterocycles. The van der Waals surface area contributed by atoms with Gasteiger partial charge in [-0.1, -0.05) is 18.2 Å². The first-order chi connectivity index (χ1) is 13.7. The molecule has 3 heterocycles. The van der Waals surface area contributed by atoms with Crippen molar-refractivity contribution < 1.29 is 4.79 Å². The van der Waals surface area contributed by atoms with E-state index in [4.69, 9.17) is 5.10 Å². The second kappa shape index (κ2) is 8.35. The molecule has 0 unspecified atom stereocenters. The maximum absolute atomic E-state index is 12.7. The molecule has 1 amide bonds. The molecule has 0 aliphatic carbocycles. The summed E-state index contributed by atoms with van der Waals surface area (Å²) in [5.41, 5.74) is 3.84. The fourth-order valence-corrected chi connectivity index (χ4v) is 3.70. The number of carbonyl (C=O) groups is 1. The van der Waals surface area contributed by atoms with E-state index in [1.54, 1.807) is 12.4 Å². The van der Waals surface area contributed by atoms with Crippen LogP contribution in [0.1, 0.15) is 25.3 Å². The Hall–Kier alpha value is -2.99. The summed E-state index contributed by atoms with van der Waals surface area (Å²) in [6, 6.07) is 14.3. The van der Waals surface area contributed by atoms with Crippen molar-refractivity contribution in [1.29, 1.82) is 0 Å². The largest absolute Gasteiger partial charge is 0.352 e. The summed E-state index contributed by atoms with van der Waals surface area (Å²) in [5.74, 6) is 0.200. The molecule has 1 aromatic carbocycles. The first kappa shape index (κ1) is 18.4. The first-order valence-electron chi connectivity index (χ1n) is 9.76. The van der Waals surface area contributed by atoms with Crippen LogP contribution in [0.5, 0.6) is 0 Å². The minimum atomic E-state index is 0.0739. The summed E-state index contributed by atoms with van der Waals surface area (Å²) in [4.78, 5) is 16.8. The number of carbonyl (C=O) groups excluding carboxylic acids is 1. The van der Waals surface area contributed by atoms with Gasteiger partial charge < -0.3 is 10.6 Å². The van der Waals surface area contributed by atoms with Crippen molar-refractivity contribution in [3.8, 4) is 16.9 Å². The van der Waals surface area contributed by atoms with Crippen molar-refractivity contribution in [2.45, 2.75) is 32.4 Å². The first-order valence-corrected chi connectivity index (χ1v) is 9.76. The predicted molar refractivity (Wildman–Crippen MR) is 109 cm³/mol. The molecule has 3 aromatic rings. The van der Waals surface area contributed by atoms with Crippen molar-refractivity contribution in [3.63, 3.8) is 0 Å². The Morgan fingerprint density at radius 1 is 1.21 bits per heavy atom. The minimum Gasteiger partial charge on any atom is -0.352 e. The number of piperidine rings is 1. The van der Waals surface area contributed by atoms with Crippen LogP contribution in [0.15, 0.2) is 61.1 Å². The Labute approximate surface area is 165 Å². The third kappa shape index (κ3) is 4.12. The zero-order valence-electron chi connectivity index (χ0n) is 16.0. The van der Waals surface area contributed by atoms with E-state index in [1.807, 2.05) is 53.3 Å². The van der Waals surface area contributed by atoms with Crippen molar-refractivity contribution in [2.75, 3.05) is 6.54 Å². The van der Waals surface area contributed by atoms with E-state index in [1.165, 1.54) is 0 Å². The predicted octanol–water partition coefficient (Wildman–Crippen LogP) is 2.94. The summed E-state index contributed by atoms with van der Waals surface area (Å²) in [6.45, 7) is 3.49. The van der Waals surface area contributed by atoms with Crippen LogP contribution >= 0.6 is 0 Å². The Bertz CT molecular complexity index is 923. The average molecular weight is 375 g/mol. The van der Waals surface area contributed by atoms with Gasteiger partial charge in [0.15, 0.2) is 0 Å². The number of rotatable bonds is 5. The van der Waals surface area contributed by atoms with Gasteiger partial charge in [0.05, 0.1) is 11.4 Å². The average Bonchev–Trinajstić information content (AvgIpc) is 3.17. The summed E-state index contributed by atoms with van der Waals surface area (Å²) in [6.07, 6.45) is 7.28. The highest BCUT2D eigenvalue weighted by Crippen LogP contribution is 2.24. The van der Waals surface area contributed by atoms with E-state index >= 15 is 0 Å². The van der Waals surface area contributed by atoms with Crippen LogP contribution in [0, 0.1) is 5.92 Å². The van der Waals surface area contributed by atoms with Gasteiger partial charge in [-0.25, -0.2) is 4.68 Å². The van der Waals surface area contributed by atoms with Crippen LogP contribution in [-0.4, -0.2) is 33.3 Å². The molecule has 0 saturated carbocycles. The Morgan fingerprint density at radius 3 is 2.75 bits per heavy atom. The molecule has 1 aliphatic rings. The molecule has 1 fully saturated rings. The molecule has 144 valence electrons. The topological polar surface area (TPSA) is 71.8 Å². The van der Waals surface area contributed by atoms with Crippen molar-refractivity contribution in [2.24, 2.45) is 5.92 Å². The lowest BCUT2D eigenvalue weighted by Crippen LogP contribution is -2.42. The highest BCUT2D eigenvalue weighted by Gasteiger charge is 2.25. The zero-order valence-corrected chi connectivity index (χ0v) is 16.0. The molecule has 2 atom stereocenters. The van der Waals surface area contributed by atoms with Crippen LogP contribution in [0.4, 0.5) is 0 Å². The fourth-order valence-electron chi connectivity index (χ4n) is 3.70. The molecular formula is C22H25N5O. The monoisotopic (exact) mass is 375 g/mol. The number of nitrogens with one attached hydrogen (secondary N) is 2. The lowest BCUT2D eigenvalue weighted by Gasteiger charge is -2.27. The van der Waals surface area contributed by atoms with Gasteiger partial charge in [0, 0.05) is 48.2 Å². The van der Waals surface area contributed by atoms with Crippen LogP contribution in [0.3, 0.4) is 0 Å². The molecular weight excluding hydrogens is 350 g/mol. The van der Waals surface area contributed by atoms with Gasteiger partial charge in [-0.15, -0.1) is 0 Å². The Balaban J connectivity index is 1.56. The Morgan fingerprint density at radius 2 is 2.00 bits per heavy atom. The maximum atomic E-state index is 12.7. The summed E-state index contributed by atoms with van der Waals surface area (Å²) in [5, 5.41) is 11.3. The molecule has 6 nitrogen and oxygen atoms in total. The van der Waals surface area contributed by atoms with E-state index in [9.17, 15) is 4.79 Å². The zero-order chi connectivity index (χ0) is 19.3. The SMILES string of the molecule is C[C@H]1C[C@@H](C(=O)NCc2cn(-c3ccccc3)nc2-c2ccncc2)CCN1. The fraction of sp³-hybridized carbons (Fsp3) is 0.318. The van der Waals surface area contributed by atoms with E-state index in [0.717, 1.165) is 41.9 Å². The van der Waals surface area contributed by atoms with Gasteiger partial charge in [-0.2, -0.15) is 5.10 Å². The Kier molecular flexibility index (Phi) is 5.48. The molecule has 2 N–H and O–H groups in total. The third-order valence-corrected chi connectivity index (χ3v) is 5.21. The molecule has 0 spiro atoms. The third-order valence-electron chi connectivity index (χ3n) is 5.21. The van der Waals surface area contributed by atoms with Crippen molar-refractivity contribution >= 4 is 5.91 Å². The lowest BCUT2D eigenvalue weighted by molar-refractivity contribution is -0.126. The van der Waals surface area contributed by atoms with Crippen LogP contribution in [0.25, 0.3) is 16.9 Å². The molecule has 28 heavy (non-hydrogen) atoms. The number of aromatic nitrogens is 3. The number of benzene rings is 1. The smallest absolute Gasteiger partial charge is 0.223 e. The number of hydrogen-bond donors (Lipinski definition) is 2. The number of pyridine rings is 1. The molecule has 6 heteroatoms. The molecule has 1 aliphatic heterocycles. The highest BCUT2D eigenvalue weighted by molar-refractivity contribution is 5.79. The van der Waals surface area contributed by atoms with Crippen LogP contribution in [-0.2, 0) is 11.3 Å². The highest BCUT2D eigenvalue weighted by atomic mass is 16.1. The number of hydrogen-bond acceptors (Lipinski definition) is 4. The standard InChI is InChI=1S/C22H25N5O/c1-16-13-18(9-12-24-16)22(28)25-14-19-15-27(20-5-3-2-4-6-20)26-21(19)17-7-10-23-11-8-17/h2-8,10-11,15-16,18,24H,9,12-14H2,1H3,(H,25,28)/t16-,18-/m0/s1. The summed E-state index contributed by atoms with van der Waals surface area (Å²) in [7, 11) is 0. The normalized spacial score (nSPS) is 19.3. The van der Waals surface area contributed by atoms with Gasteiger partial charge in [-0.3, -0.25) is 9.78 Å². The minimum absolute atomic E-state index is 0.0739. The van der Waals surface area contributed by atoms with E-state index < -0.39 is 0 Å². The summed E-state index contributed by atoms with van der Waals surface area (Å²) < 4.78 is 1.86. The maximum Gasteiger partial charge on any atom is 0.223 e. The van der Waals surface area contributed by atoms with Crippen LogP contribution < -0.4 is 10.6 Å². The molecule has 0 radical (unpaired) electrons. The van der Waals surface area contributed by atoms with Gasteiger partial charge in [-0.05, 0) is 50.6 Å². The molecule has 0 bridgehead atoms. The van der Waals surface area contributed by atoms with Crippen molar-refractivity contribution in [3.05, 3.63) is 66.6 Å². The van der Waals surface area contributed by atoms with Gasteiger partial charge >= 0.3 is 0 Å². The number of nitrogens with zero attached hydrogens (tertiary/aromatic N) is 3. The second-order valence-electron chi connectivity index (χ2n) is 7.31. The number of amides is 1. The van der Waals surface area contributed by atoms with Gasteiger partial charge in [0.2, 0.25) is 5.91 Å². The van der Waals surface area contributed by atoms with E-state index in [0.29, 0.717) is 12.6 Å². The number of para-hydroxylation sites is 1. The van der Waals surface area contributed by atoms with Crippen molar-refractivity contribution in [1.82, 2.24) is 25.4 Å². The van der Waals surface area contributed by atoms with Gasteiger partial charge in [0.25, 0.3) is 0 Å². The molecule has 2 aromatic heterocycles. The molecule has 4 rings (SSSR count). The van der Waals surface area contributed by atoms with Crippen LogP contribution in [0.2, 0.25) is 0 Å². The second-order valence-corrected chi connectivity index (χ2v) is 7.31. The van der Waals surface area contributed by atoms with Gasteiger partial charge in [0.1, 0.15) is 0 Å². The quantitative estimate of drug-likeness (QED) is 0.719.